The molecule has 152 valence electrons. The Labute approximate surface area is 171 Å². The molecule has 2 bridgehead atoms. The van der Waals surface area contributed by atoms with Gasteiger partial charge in [0.2, 0.25) is 5.91 Å². The number of carbonyl (C=O) groups excluding carboxylic acids is 2. The highest BCUT2D eigenvalue weighted by atomic mass is 16.5. The van der Waals surface area contributed by atoms with Crippen LogP contribution in [0.2, 0.25) is 0 Å². The molecule has 1 unspecified atom stereocenters. The minimum atomic E-state index is -0.597. The number of esters is 1. The second-order valence-corrected chi connectivity index (χ2v) is 7.99. The molecule has 2 saturated heterocycles. The number of hydrogen-bond acceptors (Lipinski definition) is 4. The van der Waals surface area contributed by atoms with Crippen molar-refractivity contribution < 1.29 is 14.3 Å². The summed E-state index contributed by atoms with van der Waals surface area (Å²) in [6.45, 7) is 2.09. The van der Waals surface area contributed by atoms with Crippen molar-refractivity contribution >= 4 is 11.9 Å². The molecule has 5 heteroatoms. The van der Waals surface area contributed by atoms with Gasteiger partial charge in [-0.1, -0.05) is 60.7 Å². The fourth-order valence-electron chi connectivity index (χ4n) is 5.03. The predicted molar refractivity (Wildman–Crippen MR) is 111 cm³/mol. The lowest BCUT2D eigenvalue weighted by Crippen LogP contribution is -2.67. The molecule has 2 heterocycles. The Hall–Kier alpha value is -2.66. The van der Waals surface area contributed by atoms with E-state index in [1.165, 1.54) is 0 Å². The molecule has 5 rings (SSSR count). The average Bonchev–Trinajstić information content (AvgIpc) is 2.75. The molecular formula is C24H28N2O3. The number of amides is 1. The van der Waals surface area contributed by atoms with Crippen molar-refractivity contribution in [2.45, 2.75) is 50.2 Å². The number of hydrogen-bond donors (Lipinski definition) is 1. The van der Waals surface area contributed by atoms with Crippen molar-refractivity contribution in [3.8, 4) is 0 Å². The van der Waals surface area contributed by atoms with E-state index in [0.29, 0.717) is 6.61 Å². The number of rotatable bonds is 5. The van der Waals surface area contributed by atoms with Gasteiger partial charge in [0.1, 0.15) is 6.04 Å². The molecule has 2 aliphatic heterocycles. The van der Waals surface area contributed by atoms with Gasteiger partial charge in [-0.15, -0.1) is 0 Å². The maximum atomic E-state index is 14.0. The number of carbonyl (C=O) groups is 2. The first-order chi connectivity index (χ1) is 14.1. The van der Waals surface area contributed by atoms with Gasteiger partial charge in [0, 0.05) is 18.0 Å². The van der Waals surface area contributed by atoms with E-state index in [1.807, 2.05) is 60.7 Å². The van der Waals surface area contributed by atoms with Crippen LogP contribution in [0.3, 0.4) is 0 Å². The van der Waals surface area contributed by atoms with Crippen LogP contribution in [0, 0.1) is 5.92 Å². The van der Waals surface area contributed by atoms with Gasteiger partial charge >= 0.3 is 5.97 Å². The quantitative estimate of drug-likeness (QED) is 0.794. The van der Waals surface area contributed by atoms with Crippen molar-refractivity contribution in [1.82, 2.24) is 4.90 Å². The monoisotopic (exact) mass is 392 g/mol. The van der Waals surface area contributed by atoms with E-state index in [4.69, 9.17) is 10.5 Å². The first kappa shape index (κ1) is 19.6. The van der Waals surface area contributed by atoms with E-state index in [2.05, 4.69) is 0 Å². The SMILES string of the molecule is CCOC(=O)[C@@H]1[C@@H]2CC[C@@H](CC2N)N1C(=O)C(c1ccccc1)c1ccccc1. The molecule has 0 spiro atoms. The third-order valence-corrected chi connectivity index (χ3v) is 6.32. The molecule has 0 radical (unpaired) electrons. The maximum Gasteiger partial charge on any atom is 0.329 e. The van der Waals surface area contributed by atoms with Crippen molar-refractivity contribution in [3.05, 3.63) is 71.8 Å². The van der Waals surface area contributed by atoms with Crippen LogP contribution >= 0.6 is 0 Å². The topological polar surface area (TPSA) is 72.6 Å². The molecule has 5 nitrogen and oxygen atoms in total. The number of ether oxygens (including phenoxy) is 1. The van der Waals surface area contributed by atoms with E-state index in [-0.39, 0.29) is 29.9 Å². The van der Waals surface area contributed by atoms with Crippen LogP contribution in [0.1, 0.15) is 43.2 Å². The Morgan fingerprint density at radius 1 is 1.03 bits per heavy atom. The molecule has 3 aliphatic rings. The summed E-state index contributed by atoms with van der Waals surface area (Å²) in [4.78, 5) is 28.7. The first-order valence-corrected chi connectivity index (χ1v) is 10.5. The van der Waals surface area contributed by atoms with E-state index in [1.54, 1.807) is 11.8 Å². The largest absolute Gasteiger partial charge is 0.464 e. The standard InChI is InChI=1S/C24H28N2O3/c1-2-29-24(28)22-19-14-13-18(15-20(19)25)26(22)23(27)21(16-9-5-3-6-10-16)17-11-7-4-8-12-17/h3-12,18-22H,2,13-15,25H2,1H3/t18-,19+,20?,22-/m0/s1. The van der Waals surface area contributed by atoms with Gasteiger partial charge in [0.05, 0.1) is 12.5 Å². The molecule has 1 amide bonds. The van der Waals surface area contributed by atoms with Crippen molar-refractivity contribution in [2.75, 3.05) is 6.61 Å². The third-order valence-electron chi connectivity index (χ3n) is 6.32. The zero-order valence-corrected chi connectivity index (χ0v) is 16.7. The number of fused-ring (bicyclic) bond motifs is 3. The normalized spacial score (nSPS) is 25.8. The molecular weight excluding hydrogens is 364 g/mol. The highest BCUT2D eigenvalue weighted by Gasteiger charge is 2.52. The van der Waals surface area contributed by atoms with E-state index < -0.39 is 12.0 Å². The second-order valence-electron chi connectivity index (χ2n) is 7.99. The Kier molecular flexibility index (Phi) is 5.67. The fourth-order valence-corrected chi connectivity index (χ4v) is 5.03. The number of piperidine rings is 2. The summed E-state index contributed by atoms with van der Waals surface area (Å²) in [5.74, 6) is -0.868. The Morgan fingerprint density at radius 3 is 2.14 bits per heavy atom. The average molecular weight is 392 g/mol. The number of benzene rings is 2. The van der Waals surface area contributed by atoms with Crippen LogP contribution in [-0.4, -0.2) is 41.5 Å². The minimum absolute atomic E-state index is 0.0215. The molecule has 1 aliphatic carbocycles. The summed E-state index contributed by atoms with van der Waals surface area (Å²) in [5.41, 5.74) is 8.21. The molecule has 2 N–H and O–H groups in total. The van der Waals surface area contributed by atoms with Crippen LogP contribution in [0.15, 0.2) is 60.7 Å². The van der Waals surface area contributed by atoms with Crippen molar-refractivity contribution in [2.24, 2.45) is 11.7 Å². The molecule has 4 atom stereocenters. The zero-order chi connectivity index (χ0) is 20.4. The van der Waals surface area contributed by atoms with Crippen LogP contribution in [0.25, 0.3) is 0 Å². The van der Waals surface area contributed by atoms with Gasteiger partial charge in [0.25, 0.3) is 0 Å². The third kappa shape index (κ3) is 3.67. The molecule has 29 heavy (non-hydrogen) atoms. The van der Waals surface area contributed by atoms with Gasteiger partial charge in [-0.25, -0.2) is 4.79 Å². The summed E-state index contributed by atoms with van der Waals surface area (Å²) in [6, 6.07) is 18.9. The van der Waals surface area contributed by atoms with Crippen molar-refractivity contribution in [1.29, 1.82) is 0 Å². The van der Waals surface area contributed by atoms with Gasteiger partial charge < -0.3 is 15.4 Å². The van der Waals surface area contributed by atoms with Gasteiger partial charge in [-0.2, -0.15) is 0 Å². The zero-order valence-electron chi connectivity index (χ0n) is 16.7. The molecule has 0 aromatic heterocycles. The van der Waals surface area contributed by atoms with Crippen molar-refractivity contribution in [3.63, 3.8) is 0 Å². The summed E-state index contributed by atoms with van der Waals surface area (Å²) in [5, 5.41) is 0. The fraction of sp³-hybridized carbons (Fsp3) is 0.417. The Balaban J connectivity index is 1.75. The van der Waals surface area contributed by atoms with Crippen LogP contribution in [0.5, 0.6) is 0 Å². The highest BCUT2D eigenvalue weighted by molar-refractivity contribution is 5.92. The molecule has 2 aromatic carbocycles. The molecule has 2 aromatic rings. The lowest BCUT2D eigenvalue weighted by atomic mass is 9.70. The Bertz CT molecular complexity index is 815. The van der Waals surface area contributed by atoms with E-state index in [0.717, 1.165) is 30.4 Å². The summed E-state index contributed by atoms with van der Waals surface area (Å²) in [7, 11) is 0. The molecule has 1 saturated carbocycles. The van der Waals surface area contributed by atoms with Crippen LogP contribution < -0.4 is 5.73 Å². The lowest BCUT2D eigenvalue weighted by Gasteiger charge is -2.53. The summed E-state index contributed by atoms with van der Waals surface area (Å²) < 4.78 is 5.37. The van der Waals surface area contributed by atoms with Crippen LogP contribution in [-0.2, 0) is 14.3 Å². The van der Waals surface area contributed by atoms with Gasteiger partial charge in [0.15, 0.2) is 0 Å². The molecule has 3 fully saturated rings. The second kappa shape index (κ2) is 8.37. The summed E-state index contributed by atoms with van der Waals surface area (Å²) >= 11 is 0. The van der Waals surface area contributed by atoms with Gasteiger partial charge in [-0.3, -0.25) is 4.79 Å². The Morgan fingerprint density at radius 2 is 1.62 bits per heavy atom. The maximum absolute atomic E-state index is 14.0. The van der Waals surface area contributed by atoms with E-state index >= 15 is 0 Å². The predicted octanol–water partition coefficient (Wildman–Crippen LogP) is 3.09. The number of nitrogens with zero attached hydrogens (tertiary/aromatic N) is 1. The highest BCUT2D eigenvalue weighted by Crippen LogP contribution is 2.42. The minimum Gasteiger partial charge on any atom is -0.464 e. The number of nitrogens with two attached hydrogens (primary N) is 1. The first-order valence-electron chi connectivity index (χ1n) is 10.5. The summed E-state index contributed by atoms with van der Waals surface area (Å²) in [6.07, 6.45) is 2.49. The van der Waals surface area contributed by atoms with Gasteiger partial charge in [-0.05, 0) is 37.3 Å². The van der Waals surface area contributed by atoms with E-state index in [9.17, 15) is 9.59 Å². The smallest absolute Gasteiger partial charge is 0.329 e. The lowest BCUT2D eigenvalue weighted by molar-refractivity contribution is -0.168. The van der Waals surface area contributed by atoms with Crippen LogP contribution in [0.4, 0.5) is 0 Å².